The van der Waals surface area contributed by atoms with Crippen molar-refractivity contribution in [3.8, 4) is 5.75 Å². The number of nitro benzene ring substituents is 1. The Kier molecular flexibility index (Phi) is 4.16. The van der Waals surface area contributed by atoms with Crippen LogP contribution in [0.2, 0.25) is 0 Å². The average molecular weight is 322 g/mol. The van der Waals surface area contributed by atoms with Crippen molar-refractivity contribution in [3.05, 3.63) is 68.2 Å². The van der Waals surface area contributed by atoms with Gasteiger partial charge in [-0.3, -0.25) is 10.1 Å². The summed E-state index contributed by atoms with van der Waals surface area (Å²) >= 11 is 3.32. The third-order valence-corrected chi connectivity index (χ3v) is 3.46. The van der Waals surface area contributed by atoms with Crippen LogP contribution in [0.15, 0.2) is 46.9 Å². The monoisotopic (exact) mass is 321 g/mol. The molecule has 4 nitrogen and oxygen atoms in total. The molecule has 0 unspecified atom stereocenters. The number of halogens is 1. The van der Waals surface area contributed by atoms with Gasteiger partial charge in [-0.15, -0.1) is 0 Å². The molecule has 98 valence electrons. The molecule has 0 heterocycles. The highest BCUT2D eigenvalue weighted by Gasteiger charge is 2.09. The van der Waals surface area contributed by atoms with Gasteiger partial charge in [0.05, 0.1) is 4.92 Å². The lowest BCUT2D eigenvalue weighted by Crippen LogP contribution is -1.98. The first-order valence-electron chi connectivity index (χ1n) is 5.69. The molecular formula is C14H12BrNO3. The van der Waals surface area contributed by atoms with Crippen molar-refractivity contribution < 1.29 is 9.66 Å². The fourth-order valence-electron chi connectivity index (χ4n) is 1.64. The largest absolute Gasteiger partial charge is 0.489 e. The SMILES string of the molecule is Cc1ccccc1OCc1ccc([N+](=O)[O-])cc1Br. The van der Waals surface area contributed by atoms with Crippen LogP contribution in [-0.2, 0) is 6.61 Å². The molecule has 0 saturated carbocycles. The standard InChI is InChI=1S/C14H12BrNO3/c1-10-4-2-3-5-14(10)19-9-11-6-7-12(16(17)18)8-13(11)15/h2-8H,9H2,1H3. The highest BCUT2D eigenvalue weighted by molar-refractivity contribution is 9.10. The molecule has 5 heteroatoms. The minimum absolute atomic E-state index is 0.0616. The topological polar surface area (TPSA) is 52.4 Å². The van der Waals surface area contributed by atoms with Crippen molar-refractivity contribution in [1.29, 1.82) is 0 Å². The maximum atomic E-state index is 10.6. The van der Waals surface area contributed by atoms with Crippen molar-refractivity contribution in [2.75, 3.05) is 0 Å². The third-order valence-electron chi connectivity index (χ3n) is 2.72. The predicted molar refractivity (Wildman–Crippen MR) is 76.3 cm³/mol. The maximum Gasteiger partial charge on any atom is 0.270 e. The zero-order valence-electron chi connectivity index (χ0n) is 10.3. The van der Waals surface area contributed by atoms with E-state index in [0.717, 1.165) is 16.9 Å². The van der Waals surface area contributed by atoms with Gasteiger partial charge in [0, 0.05) is 22.2 Å². The van der Waals surface area contributed by atoms with Crippen molar-refractivity contribution >= 4 is 21.6 Å². The van der Waals surface area contributed by atoms with Gasteiger partial charge in [-0.05, 0) is 24.6 Å². The normalized spacial score (nSPS) is 10.2. The van der Waals surface area contributed by atoms with Crippen LogP contribution in [-0.4, -0.2) is 4.92 Å². The summed E-state index contributed by atoms with van der Waals surface area (Å²) in [6, 6.07) is 12.4. The number of hydrogen-bond acceptors (Lipinski definition) is 3. The molecule has 0 N–H and O–H groups in total. The first-order chi connectivity index (χ1) is 9.08. The van der Waals surface area contributed by atoms with Gasteiger partial charge < -0.3 is 4.74 Å². The van der Waals surface area contributed by atoms with Crippen LogP contribution in [0.3, 0.4) is 0 Å². The number of aryl methyl sites for hydroxylation is 1. The first kappa shape index (κ1) is 13.5. The molecule has 0 radical (unpaired) electrons. The molecule has 2 aromatic carbocycles. The van der Waals surface area contributed by atoms with Gasteiger partial charge in [0.15, 0.2) is 0 Å². The van der Waals surface area contributed by atoms with E-state index >= 15 is 0 Å². The summed E-state index contributed by atoms with van der Waals surface area (Å²) in [4.78, 5) is 10.2. The quantitative estimate of drug-likeness (QED) is 0.625. The van der Waals surface area contributed by atoms with Gasteiger partial charge in [0.25, 0.3) is 5.69 Å². The van der Waals surface area contributed by atoms with Crippen LogP contribution in [0, 0.1) is 17.0 Å². The summed E-state index contributed by atoms with van der Waals surface area (Å²) in [5.74, 6) is 0.813. The smallest absolute Gasteiger partial charge is 0.270 e. The summed E-state index contributed by atoms with van der Waals surface area (Å²) in [6.07, 6.45) is 0. The Balaban J connectivity index is 2.12. The molecule has 0 spiro atoms. The number of rotatable bonds is 4. The van der Waals surface area contributed by atoms with E-state index in [0.29, 0.717) is 11.1 Å². The number of para-hydroxylation sites is 1. The second kappa shape index (κ2) is 5.84. The Morgan fingerprint density at radius 1 is 1.26 bits per heavy atom. The zero-order chi connectivity index (χ0) is 13.8. The van der Waals surface area contributed by atoms with Crippen molar-refractivity contribution in [2.45, 2.75) is 13.5 Å². The highest BCUT2D eigenvalue weighted by atomic mass is 79.9. The van der Waals surface area contributed by atoms with E-state index in [9.17, 15) is 10.1 Å². The maximum absolute atomic E-state index is 10.6. The number of nitrogens with zero attached hydrogens (tertiary/aromatic N) is 1. The molecule has 0 amide bonds. The van der Waals surface area contributed by atoms with Crippen molar-refractivity contribution in [1.82, 2.24) is 0 Å². The van der Waals surface area contributed by atoms with E-state index in [1.165, 1.54) is 12.1 Å². The van der Waals surface area contributed by atoms with E-state index in [4.69, 9.17) is 4.74 Å². The molecule has 0 fully saturated rings. The van der Waals surface area contributed by atoms with Crippen LogP contribution < -0.4 is 4.74 Å². The van der Waals surface area contributed by atoms with Gasteiger partial charge >= 0.3 is 0 Å². The molecule has 19 heavy (non-hydrogen) atoms. The lowest BCUT2D eigenvalue weighted by atomic mass is 10.2. The second-order valence-electron chi connectivity index (χ2n) is 4.09. The Labute approximate surface area is 119 Å². The van der Waals surface area contributed by atoms with E-state index < -0.39 is 4.92 Å². The first-order valence-corrected chi connectivity index (χ1v) is 6.48. The Hall–Kier alpha value is -1.88. The average Bonchev–Trinajstić information content (AvgIpc) is 2.39. The van der Waals surface area contributed by atoms with Gasteiger partial charge in [0.2, 0.25) is 0 Å². The number of non-ortho nitro benzene ring substituents is 1. The molecule has 2 aromatic rings. The molecule has 0 aliphatic rings. The molecule has 0 aliphatic carbocycles. The number of ether oxygens (including phenoxy) is 1. The minimum atomic E-state index is -0.420. The van der Waals surface area contributed by atoms with Gasteiger partial charge in [-0.25, -0.2) is 0 Å². The van der Waals surface area contributed by atoms with Gasteiger partial charge in [0.1, 0.15) is 12.4 Å². The van der Waals surface area contributed by atoms with Crippen LogP contribution in [0.5, 0.6) is 5.75 Å². The molecule has 0 aliphatic heterocycles. The lowest BCUT2D eigenvalue weighted by molar-refractivity contribution is -0.384. The Bertz CT molecular complexity index is 613. The number of benzene rings is 2. The van der Waals surface area contributed by atoms with Crippen LogP contribution in [0.4, 0.5) is 5.69 Å². The lowest BCUT2D eigenvalue weighted by Gasteiger charge is -2.09. The van der Waals surface area contributed by atoms with Crippen LogP contribution >= 0.6 is 15.9 Å². The van der Waals surface area contributed by atoms with Crippen LogP contribution in [0.25, 0.3) is 0 Å². The summed E-state index contributed by atoms with van der Waals surface area (Å²) < 4.78 is 6.38. The van der Waals surface area contributed by atoms with Crippen molar-refractivity contribution in [3.63, 3.8) is 0 Å². The second-order valence-corrected chi connectivity index (χ2v) is 4.94. The zero-order valence-corrected chi connectivity index (χ0v) is 11.9. The van der Waals surface area contributed by atoms with Crippen LogP contribution in [0.1, 0.15) is 11.1 Å². The fraction of sp³-hybridized carbons (Fsp3) is 0.143. The minimum Gasteiger partial charge on any atom is -0.489 e. The number of nitro groups is 1. The fourth-order valence-corrected chi connectivity index (χ4v) is 2.12. The summed E-state index contributed by atoms with van der Waals surface area (Å²) in [5.41, 5.74) is 1.99. The molecule has 0 aromatic heterocycles. The molecule has 2 rings (SSSR count). The molecule has 0 bridgehead atoms. The predicted octanol–water partition coefficient (Wildman–Crippen LogP) is 4.24. The number of hydrogen-bond donors (Lipinski definition) is 0. The Morgan fingerprint density at radius 2 is 2.00 bits per heavy atom. The highest BCUT2D eigenvalue weighted by Crippen LogP contribution is 2.25. The van der Waals surface area contributed by atoms with E-state index in [1.54, 1.807) is 6.07 Å². The van der Waals surface area contributed by atoms with Gasteiger partial charge in [-0.1, -0.05) is 34.1 Å². The summed E-state index contributed by atoms with van der Waals surface area (Å²) in [7, 11) is 0. The van der Waals surface area contributed by atoms with E-state index in [-0.39, 0.29) is 5.69 Å². The van der Waals surface area contributed by atoms with Gasteiger partial charge in [-0.2, -0.15) is 0 Å². The Morgan fingerprint density at radius 3 is 2.63 bits per heavy atom. The third kappa shape index (κ3) is 3.32. The van der Waals surface area contributed by atoms with Crippen molar-refractivity contribution in [2.24, 2.45) is 0 Å². The summed E-state index contributed by atoms with van der Waals surface area (Å²) in [6.45, 7) is 2.34. The summed E-state index contributed by atoms with van der Waals surface area (Å²) in [5, 5.41) is 10.6. The molecule has 0 saturated heterocycles. The van der Waals surface area contributed by atoms with E-state index in [2.05, 4.69) is 15.9 Å². The molecular weight excluding hydrogens is 310 g/mol. The molecule has 0 atom stereocenters. The van der Waals surface area contributed by atoms with E-state index in [1.807, 2.05) is 31.2 Å².